The van der Waals surface area contributed by atoms with Crippen molar-refractivity contribution >= 4 is 44.2 Å². The summed E-state index contributed by atoms with van der Waals surface area (Å²) in [6.45, 7) is 4.30. The molecular formula is C23H22BrN5O. The van der Waals surface area contributed by atoms with Crippen LogP contribution in [-0.2, 0) is 0 Å². The summed E-state index contributed by atoms with van der Waals surface area (Å²) in [5, 5.41) is 4.35. The molecule has 0 spiro atoms. The molecule has 152 valence electrons. The van der Waals surface area contributed by atoms with E-state index in [9.17, 15) is 0 Å². The van der Waals surface area contributed by atoms with Gasteiger partial charge in [0.15, 0.2) is 5.76 Å². The van der Waals surface area contributed by atoms with Crippen molar-refractivity contribution < 1.29 is 4.42 Å². The predicted molar refractivity (Wildman–Crippen MR) is 124 cm³/mol. The molecule has 0 bridgehead atoms. The highest BCUT2D eigenvalue weighted by Gasteiger charge is 2.15. The number of furan rings is 1. The molecule has 3 heterocycles. The van der Waals surface area contributed by atoms with Crippen molar-refractivity contribution in [3.8, 4) is 11.5 Å². The van der Waals surface area contributed by atoms with E-state index in [-0.39, 0.29) is 0 Å². The Morgan fingerprint density at radius 2 is 1.77 bits per heavy atom. The lowest BCUT2D eigenvalue weighted by Gasteiger charge is -2.34. The number of halogens is 1. The lowest BCUT2D eigenvalue weighted by molar-refractivity contribution is 0.313. The zero-order chi connectivity index (χ0) is 20.5. The first-order valence-corrected chi connectivity index (χ1v) is 10.8. The third-order valence-electron chi connectivity index (χ3n) is 5.39. The molecule has 5 rings (SSSR count). The van der Waals surface area contributed by atoms with Gasteiger partial charge >= 0.3 is 0 Å². The number of benzene rings is 2. The van der Waals surface area contributed by atoms with E-state index in [0.29, 0.717) is 11.7 Å². The Bertz CT molecular complexity index is 1130. The minimum absolute atomic E-state index is 0.529. The smallest absolute Gasteiger partial charge is 0.227 e. The summed E-state index contributed by atoms with van der Waals surface area (Å²) in [4.78, 5) is 13.9. The molecule has 1 aliphatic heterocycles. The van der Waals surface area contributed by atoms with Gasteiger partial charge in [-0.3, -0.25) is 0 Å². The van der Waals surface area contributed by atoms with Crippen LogP contribution in [0.15, 0.2) is 69.7 Å². The van der Waals surface area contributed by atoms with Crippen LogP contribution in [0.3, 0.4) is 0 Å². The second-order valence-electron chi connectivity index (χ2n) is 7.50. The predicted octanol–water partition coefficient (Wildman–Crippen LogP) is 5.15. The number of fused-ring (bicyclic) bond motifs is 1. The van der Waals surface area contributed by atoms with Crippen molar-refractivity contribution in [2.45, 2.75) is 0 Å². The molecule has 0 unspecified atom stereocenters. The number of nitrogens with zero attached hydrogens (tertiary/aromatic N) is 4. The van der Waals surface area contributed by atoms with Crippen LogP contribution in [-0.4, -0.2) is 48.1 Å². The van der Waals surface area contributed by atoms with Gasteiger partial charge in [0.2, 0.25) is 5.95 Å². The SMILES string of the molecule is CN1CCN(c2ccc(Nc3ncc(Br)c(-c4cc5ccccc5o4)n3)cc2)CC1. The standard InChI is InChI=1S/C23H22BrN5O/c1-28-10-12-29(13-11-28)18-8-6-17(7-9-18)26-23-25-15-19(24)22(27-23)21-14-16-4-2-3-5-20(16)30-21/h2-9,14-15H,10-13H2,1H3,(H,25,26,27). The number of hydrogen-bond acceptors (Lipinski definition) is 6. The minimum Gasteiger partial charge on any atom is -0.454 e. The zero-order valence-electron chi connectivity index (χ0n) is 16.7. The molecule has 30 heavy (non-hydrogen) atoms. The van der Waals surface area contributed by atoms with Crippen LogP contribution in [0.5, 0.6) is 0 Å². The average molecular weight is 464 g/mol. The van der Waals surface area contributed by atoms with Gasteiger partial charge in [-0.25, -0.2) is 9.97 Å². The van der Waals surface area contributed by atoms with Crippen molar-refractivity contribution in [2.75, 3.05) is 43.4 Å². The van der Waals surface area contributed by atoms with Crippen LogP contribution in [0.1, 0.15) is 0 Å². The fourth-order valence-electron chi connectivity index (χ4n) is 3.65. The second kappa shape index (κ2) is 8.08. The summed E-state index contributed by atoms with van der Waals surface area (Å²) in [6, 6.07) is 18.4. The molecule has 0 aliphatic carbocycles. The van der Waals surface area contributed by atoms with E-state index in [1.54, 1.807) is 6.20 Å². The molecule has 1 aliphatic rings. The number of likely N-dealkylation sites (N-methyl/N-ethyl adjacent to an activating group) is 1. The topological polar surface area (TPSA) is 57.4 Å². The third kappa shape index (κ3) is 3.91. The molecule has 1 N–H and O–H groups in total. The molecule has 0 saturated carbocycles. The van der Waals surface area contributed by atoms with Gasteiger partial charge in [0.1, 0.15) is 11.3 Å². The number of piperazine rings is 1. The van der Waals surface area contributed by atoms with Crippen LogP contribution in [0, 0.1) is 0 Å². The molecular weight excluding hydrogens is 442 g/mol. The Morgan fingerprint density at radius 3 is 2.53 bits per heavy atom. The second-order valence-corrected chi connectivity index (χ2v) is 8.36. The van der Waals surface area contributed by atoms with Crippen molar-refractivity contribution in [2.24, 2.45) is 0 Å². The summed E-state index contributed by atoms with van der Waals surface area (Å²) >= 11 is 3.55. The summed E-state index contributed by atoms with van der Waals surface area (Å²) in [6.07, 6.45) is 1.75. The number of aromatic nitrogens is 2. The highest BCUT2D eigenvalue weighted by molar-refractivity contribution is 9.10. The van der Waals surface area contributed by atoms with Crippen molar-refractivity contribution in [1.82, 2.24) is 14.9 Å². The fraction of sp³-hybridized carbons (Fsp3) is 0.217. The van der Waals surface area contributed by atoms with Crippen LogP contribution < -0.4 is 10.2 Å². The molecule has 0 atom stereocenters. The van der Waals surface area contributed by atoms with Crippen LogP contribution in [0.2, 0.25) is 0 Å². The first-order chi connectivity index (χ1) is 14.7. The van der Waals surface area contributed by atoms with Gasteiger partial charge in [-0.15, -0.1) is 0 Å². The molecule has 1 saturated heterocycles. The Hall–Kier alpha value is -2.90. The van der Waals surface area contributed by atoms with Gasteiger partial charge in [0, 0.05) is 49.1 Å². The molecule has 1 fully saturated rings. The maximum atomic E-state index is 5.97. The van der Waals surface area contributed by atoms with E-state index in [4.69, 9.17) is 4.42 Å². The first kappa shape index (κ1) is 19.1. The van der Waals surface area contributed by atoms with E-state index in [0.717, 1.165) is 53.0 Å². The molecule has 6 nitrogen and oxygen atoms in total. The Morgan fingerprint density at radius 1 is 1.00 bits per heavy atom. The summed E-state index contributed by atoms with van der Waals surface area (Å²) in [7, 11) is 2.17. The molecule has 2 aromatic heterocycles. The van der Waals surface area contributed by atoms with Crippen molar-refractivity contribution in [3.05, 3.63) is 65.3 Å². The normalized spacial score (nSPS) is 14.9. The summed E-state index contributed by atoms with van der Waals surface area (Å²) in [5.41, 5.74) is 3.75. The number of para-hydroxylation sites is 1. The van der Waals surface area contributed by atoms with Crippen LogP contribution >= 0.6 is 15.9 Å². The van der Waals surface area contributed by atoms with Gasteiger partial charge in [0.05, 0.1) is 4.47 Å². The van der Waals surface area contributed by atoms with E-state index < -0.39 is 0 Å². The zero-order valence-corrected chi connectivity index (χ0v) is 18.3. The summed E-state index contributed by atoms with van der Waals surface area (Å²) in [5.74, 6) is 1.24. The molecule has 0 amide bonds. The lowest BCUT2D eigenvalue weighted by atomic mass is 10.2. The van der Waals surface area contributed by atoms with Gasteiger partial charge in [-0.05, 0) is 59.4 Å². The van der Waals surface area contributed by atoms with Gasteiger partial charge in [-0.1, -0.05) is 18.2 Å². The number of hydrogen-bond donors (Lipinski definition) is 1. The van der Waals surface area contributed by atoms with Gasteiger partial charge in [0.25, 0.3) is 0 Å². The van der Waals surface area contributed by atoms with Gasteiger partial charge < -0.3 is 19.5 Å². The molecule has 4 aromatic rings. The Labute approximate surface area is 183 Å². The first-order valence-electron chi connectivity index (χ1n) is 9.98. The van der Waals surface area contributed by atoms with Gasteiger partial charge in [-0.2, -0.15) is 0 Å². The number of anilines is 3. The van der Waals surface area contributed by atoms with Crippen molar-refractivity contribution in [1.29, 1.82) is 0 Å². The highest BCUT2D eigenvalue weighted by Crippen LogP contribution is 2.32. The summed E-state index contributed by atoms with van der Waals surface area (Å²) < 4.78 is 6.76. The van der Waals surface area contributed by atoms with E-state index in [1.165, 1.54) is 5.69 Å². The maximum absolute atomic E-state index is 5.97. The molecule has 0 radical (unpaired) electrons. The van der Waals surface area contributed by atoms with E-state index >= 15 is 0 Å². The van der Waals surface area contributed by atoms with Crippen LogP contribution in [0.25, 0.3) is 22.4 Å². The number of rotatable bonds is 4. The maximum Gasteiger partial charge on any atom is 0.227 e. The third-order valence-corrected chi connectivity index (χ3v) is 5.98. The lowest BCUT2D eigenvalue weighted by Crippen LogP contribution is -2.44. The fourth-order valence-corrected chi connectivity index (χ4v) is 4.03. The largest absolute Gasteiger partial charge is 0.454 e. The van der Waals surface area contributed by atoms with Crippen molar-refractivity contribution in [3.63, 3.8) is 0 Å². The Balaban J connectivity index is 1.36. The van der Waals surface area contributed by atoms with E-state index in [1.807, 2.05) is 30.3 Å². The quantitative estimate of drug-likeness (QED) is 0.451. The Kier molecular flexibility index (Phi) is 5.14. The molecule has 7 heteroatoms. The highest BCUT2D eigenvalue weighted by atomic mass is 79.9. The molecule has 2 aromatic carbocycles. The monoisotopic (exact) mass is 463 g/mol. The average Bonchev–Trinajstić information content (AvgIpc) is 3.20. The number of nitrogens with one attached hydrogen (secondary N) is 1. The van der Waals surface area contributed by atoms with E-state index in [2.05, 4.69) is 72.3 Å². The van der Waals surface area contributed by atoms with Crippen LogP contribution in [0.4, 0.5) is 17.3 Å². The minimum atomic E-state index is 0.529.